The molecule has 2 aromatic heterocycles. The Morgan fingerprint density at radius 1 is 1.34 bits per heavy atom. The molecule has 0 bridgehead atoms. The van der Waals surface area contributed by atoms with Gasteiger partial charge in [-0.25, -0.2) is 13.4 Å². The molecule has 1 aromatic carbocycles. The summed E-state index contributed by atoms with van der Waals surface area (Å²) in [5.41, 5.74) is 1.45. The minimum atomic E-state index is -3.14. The summed E-state index contributed by atoms with van der Waals surface area (Å²) in [4.78, 5) is 20.1. The fourth-order valence-electron chi connectivity index (χ4n) is 3.43. The van der Waals surface area contributed by atoms with Gasteiger partial charge in [-0.3, -0.25) is 4.79 Å². The fraction of sp³-hybridized carbons (Fsp3) is 0.300. The van der Waals surface area contributed by atoms with Gasteiger partial charge in [0.25, 0.3) is 5.91 Å². The van der Waals surface area contributed by atoms with Crippen LogP contribution in [0.2, 0.25) is 5.02 Å². The average molecular weight is 451 g/mol. The van der Waals surface area contributed by atoms with E-state index in [0.717, 1.165) is 5.56 Å². The number of carbonyl (C=O) groups is 1. The Balaban J connectivity index is 1.67. The lowest BCUT2D eigenvalue weighted by molar-refractivity contribution is 0.0670. The van der Waals surface area contributed by atoms with E-state index in [-0.39, 0.29) is 30.0 Å². The number of sulfone groups is 1. The van der Waals surface area contributed by atoms with E-state index in [9.17, 15) is 13.2 Å². The van der Waals surface area contributed by atoms with Crippen LogP contribution in [0.25, 0.3) is 10.6 Å². The molecule has 0 saturated carbocycles. The standard InChI is InChI=1S/C20H19ClN2O4S2/c1-13-18(28-19(22-13)14-4-2-5-15(21)10-14)20(24)23(11-17-6-3-8-27-17)16-7-9-29(25,26)12-16/h2-6,8,10,16H,7,9,11-12H2,1H3/t16-/m1/s1. The van der Waals surface area contributed by atoms with Crippen LogP contribution in [0, 0.1) is 6.92 Å². The lowest BCUT2D eigenvalue weighted by atomic mass is 10.2. The molecule has 3 aromatic rings. The quantitative estimate of drug-likeness (QED) is 0.582. The number of carbonyl (C=O) groups excluding carboxylic acids is 1. The van der Waals surface area contributed by atoms with Crippen molar-refractivity contribution in [3.8, 4) is 10.6 Å². The third-order valence-corrected chi connectivity index (χ3v) is 8.06. The maximum absolute atomic E-state index is 13.4. The summed E-state index contributed by atoms with van der Waals surface area (Å²) in [6, 6.07) is 10.5. The summed E-state index contributed by atoms with van der Waals surface area (Å²) in [6.07, 6.45) is 1.96. The number of amides is 1. The number of halogens is 1. The maximum atomic E-state index is 13.4. The number of rotatable bonds is 5. The monoisotopic (exact) mass is 450 g/mol. The topological polar surface area (TPSA) is 80.5 Å². The highest BCUT2D eigenvalue weighted by Gasteiger charge is 2.36. The third kappa shape index (κ3) is 4.39. The first-order valence-electron chi connectivity index (χ1n) is 9.09. The van der Waals surface area contributed by atoms with Gasteiger partial charge >= 0.3 is 0 Å². The summed E-state index contributed by atoms with van der Waals surface area (Å²) in [7, 11) is -3.14. The molecule has 0 unspecified atom stereocenters. The van der Waals surface area contributed by atoms with E-state index in [1.165, 1.54) is 11.3 Å². The summed E-state index contributed by atoms with van der Waals surface area (Å²) < 4.78 is 29.4. The van der Waals surface area contributed by atoms with E-state index in [1.807, 2.05) is 12.1 Å². The Hall–Kier alpha value is -2.16. The molecule has 1 amide bonds. The number of nitrogens with zero attached hydrogens (tertiary/aromatic N) is 2. The largest absolute Gasteiger partial charge is 0.467 e. The van der Waals surface area contributed by atoms with Gasteiger partial charge in [-0.2, -0.15) is 0 Å². The van der Waals surface area contributed by atoms with Crippen molar-refractivity contribution in [2.24, 2.45) is 0 Å². The minimum absolute atomic E-state index is 0.0293. The zero-order valence-electron chi connectivity index (χ0n) is 15.7. The smallest absolute Gasteiger partial charge is 0.266 e. The second-order valence-corrected chi connectivity index (χ2v) is 10.7. The molecule has 1 saturated heterocycles. The number of aryl methyl sites for hydroxylation is 1. The SMILES string of the molecule is Cc1nc(-c2cccc(Cl)c2)sc1C(=O)N(Cc1ccco1)[C@@H]1CCS(=O)(=O)C1. The highest BCUT2D eigenvalue weighted by Crippen LogP contribution is 2.32. The molecule has 9 heteroatoms. The van der Waals surface area contributed by atoms with Crippen LogP contribution in [-0.2, 0) is 16.4 Å². The molecule has 0 spiro atoms. The number of benzene rings is 1. The van der Waals surface area contributed by atoms with Gasteiger partial charge in [0.1, 0.15) is 15.6 Å². The van der Waals surface area contributed by atoms with Crippen molar-refractivity contribution in [3.05, 3.63) is 64.0 Å². The van der Waals surface area contributed by atoms with Crippen LogP contribution < -0.4 is 0 Å². The Morgan fingerprint density at radius 3 is 2.83 bits per heavy atom. The van der Waals surface area contributed by atoms with Gasteiger partial charge in [-0.15, -0.1) is 11.3 Å². The first-order chi connectivity index (χ1) is 13.8. The Bertz CT molecular complexity index is 1140. The molecule has 6 nitrogen and oxygen atoms in total. The molecule has 1 fully saturated rings. The second kappa shape index (κ2) is 7.93. The normalized spacial score (nSPS) is 18.1. The molecule has 3 heterocycles. The van der Waals surface area contributed by atoms with Crippen LogP contribution >= 0.6 is 22.9 Å². The fourth-order valence-corrected chi connectivity index (χ4v) is 6.37. The van der Waals surface area contributed by atoms with Gasteiger partial charge in [0, 0.05) is 16.6 Å². The summed E-state index contributed by atoms with van der Waals surface area (Å²) in [5.74, 6) is 0.444. The molecule has 4 rings (SSSR count). The van der Waals surface area contributed by atoms with Crippen molar-refractivity contribution in [1.29, 1.82) is 0 Å². The molecule has 29 heavy (non-hydrogen) atoms. The average Bonchev–Trinajstić information content (AvgIpc) is 3.39. The predicted molar refractivity (Wildman–Crippen MR) is 113 cm³/mol. The lowest BCUT2D eigenvalue weighted by Gasteiger charge is -2.27. The maximum Gasteiger partial charge on any atom is 0.266 e. The summed E-state index contributed by atoms with van der Waals surface area (Å²) in [6.45, 7) is 2.00. The van der Waals surface area contributed by atoms with Crippen LogP contribution in [0.15, 0.2) is 47.1 Å². The van der Waals surface area contributed by atoms with Crippen molar-refractivity contribution < 1.29 is 17.6 Å². The van der Waals surface area contributed by atoms with E-state index < -0.39 is 9.84 Å². The van der Waals surface area contributed by atoms with Crippen molar-refractivity contribution >= 4 is 38.7 Å². The highest BCUT2D eigenvalue weighted by atomic mass is 35.5. The molecule has 1 atom stereocenters. The van der Waals surface area contributed by atoms with Crippen molar-refractivity contribution in [2.45, 2.75) is 25.9 Å². The molecule has 0 radical (unpaired) electrons. The lowest BCUT2D eigenvalue weighted by Crippen LogP contribution is -2.40. The van der Waals surface area contributed by atoms with Gasteiger partial charge in [0.15, 0.2) is 9.84 Å². The Morgan fingerprint density at radius 2 is 2.17 bits per heavy atom. The zero-order chi connectivity index (χ0) is 20.6. The molecule has 1 aliphatic heterocycles. The minimum Gasteiger partial charge on any atom is -0.467 e. The van der Waals surface area contributed by atoms with Crippen molar-refractivity contribution in [2.75, 3.05) is 11.5 Å². The van der Waals surface area contributed by atoms with E-state index in [4.69, 9.17) is 16.0 Å². The van der Waals surface area contributed by atoms with Gasteiger partial charge < -0.3 is 9.32 Å². The molecular formula is C20H19ClN2O4S2. The van der Waals surface area contributed by atoms with Crippen molar-refractivity contribution in [1.82, 2.24) is 9.88 Å². The number of furan rings is 1. The molecule has 0 aliphatic carbocycles. The van der Waals surface area contributed by atoms with Gasteiger partial charge in [0.2, 0.25) is 0 Å². The van der Waals surface area contributed by atoms with E-state index in [0.29, 0.717) is 32.8 Å². The highest BCUT2D eigenvalue weighted by molar-refractivity contribution is 7.91. The Kier molecular flexibility index (Phi) is 5.50. The van der Waals surface area contributed by atoms with E-state index in [2.05, 4.69) is 4.98 Å². The van der Waals surface area contributed by atoms with Gasteiger partial charge in [-0.1, -0.05) is 23.7 Å². The number of hydrogen-bond acceptors (Lipinski definition) is 6. The predicted octanol–water partition coefficient (Wildman–Crippen LogP) is 4.19. The zero-order valence-corrected chi connectivity index (χ0v) is 18.1. The second-order valence-electron chi connectivity index (χ2n) is 7.01. The summed E-state index contributed by atoms with van der Waals surface area (Å²) >= 11 is 7.37. The van der Waals surface area contributed by atoms with Gasteiger partial charge in [-0.05, 0) is 37.6 Å². The van der Waals surface area contributed by atoms with E-state index >= 15 is 0 Å². The van der Waals surface area contributed by atoms with Gasteiger partial charge in [0.05, 0.1) is 30.0 Å². The molecule has 1 aliphatic rings. The number of hydrogen-bond donors (Lipinski definition) is 0. The first-order valence-corrected chi connectivity index (χ1v) is 12.1. The number of thiazole rings is 1. The van der Waals surface area contributed by atoms with Crippen LogP contribution in [0.5, 0.6) is 0 Å². The van der Waals surface area contributed by atoms with E-state index in [1.54, 1.807) is 42.4 Å². The molecule has 0 N–H and O–H groups in total. The first kappa shape index (κ1) is 20.1. The number of aromatic nitrogens is 1. The summed E-state index contributed by atoms with van der Waals surface area (Å²) in [5, 5.41) is 1.30. The molecular weight excluding hydrogens is 432 g/mol. The van der Waals surface area contributed by atoms with Crippen molar-refractivity contribution in [3.63, 3.8) is 0 Å². The Labute approximate surface area is 178 Å². The third-order valence-electron chi connectivity index (χ3n) is 4.88. The van der Waals surface area contributed by atoms with Crippen LogP contribution in [0.1, 0.15) is 27.5 Å². The van der Waals surface area contributed by atoms with Crippen LogP contribution in [-0.4, -0.2) is 41.8 Å². The van der Waals surface area contributed by atoms with Crippen LogP contribution in [0.4, 0.5) is 0 Å². The molecule has 152 valence electrons. The van der Waals surface area contributed by atoms with Crippen LogP contribution in [0.3, 0.4) is 0 Å².